The predicted molar refractivity (Wildman–Crippen MR) is 55.8 cm³/mol. The standard InChI is InChI=1S/C11H17N3/c1-12-10(6-5-9-3-4-9)11-13-7-2-8-14-11/h2,7-10,12H,3-6H2,1H3. The molecule has 1 heterocycles. The van der Waals surface area contributed by atoms with Gasteiger partial charge in [-0.25, -0.2) is 9.97 Å². The smallest absolute Gasteiger partial charge is 0.145 e. The highest BCUT2D eigenvalue weighted by molar-refractivity contribution is 4.95. The molecular formula is C11H17N3. The predicted octanol–water partition coefficient (Wildman–Crippen LogP) is 1.93. The Balaban J connectivity index is 1.90. The number of nitrogens with one attached hydrogen (secondary N) is 1. The third kappa shape index (κ3) is 2.51. The highest BCUT2D eigenvalue weighted by atomic mass is 15.0. The van der Waals surface area contributed by atoms with Crippen molar-refractivity contribution in [2.75, 3.05) is 7.05 Å². The molecule has 1 saturated carbocycles. The van der Waals surface area contributed by atoms with Crippen molar-refractivity contribution in [3.63, 3.8) is 0 Å². The zero-order chi connectivity index (χ0) is 9.80. The lowest BCUT2D eigenvalue weighted by Crippen LogP contribution is -2.18. The SMILES string of the molecule is CNC(CCC1CC1)c1ncccn1. The molecule has 0 amide bonds. The molecule has 76 valence electrons. The van der Waals surface area contributed by atoms with E-state index in [9.17, 15) is 0 Å². The Morgan fingerprint density at radius 1 is 1.43 bits per heavy atom. The van der Waals surface area contributed by atoms with Gasteiger partial charge in [0.2, 0.25) is 0 Å². The van der Waals surface area contributed by atoms with Crippen LogP contribution < -0.4 is 5.32 Å². The summed E-state index contributed by atoms with van der Waals surface area (Å²) in [7, 11) is 1.98. The minimum Gasteiger partial charge on any atom is -0.310 e. The number of hydrogen-bond donors (Lipinski definition) is 1. The van der Waals surface area contributed by atoms with Gasteiger partial charge in [0.05, 0.1) is 6.04 Å². The minimum absolute atomic E-state index is 0.330. The van der Waals surface area contributed by atoms with Crippen molar-refractivity contribution in [2.45, 2.75) is 31.7 Å². The van der Waals surface area contributed by atoms with Gasteiger partial charge in [-0.2, -0.15) is 0 Å². The Labute approximate surface area is 85.0 Å². The Morgan fingerprint density at radius 3 is 2.71 bits per heavy atom. The first-order chi connectivity index (χ1) is 6.90. The minimum atomic E-state index is 0.330. The van der Waals surface area contributed by atoms with E-state index in [2.05, 4.69) is 15.3 Å². The van der Waals surface area contributed by atoms with Crippen LogP contribution in [0, 0.1) is 5.92 Å². The zero-order valence-electron chi connectivity index (χ0n) is 8.61. The third-order valence-corrected chi connectivity index (χ3v) is 2.81. The van der Waals surface area contributed by atoms with Crippen molar-refractivity contribution in [3.8, 4) is 0 Å². The van der Waals surface area contributed by atoms with E-state index in [4.69, 9.17) is 0 Å². The molecule has 1 atom stereocenters. The third-order valence-electron chi connectivity index (χ3n) is 2.81. The van der Waals surface area contributed by atoms with E-state index in [1.54, 1.807) is 0 Å². The molecule has 1 aliphatic rings. The van der Waals surface area contributed by atoms with Gasteiger partial charge in [0.1, 0.15) is 5.82 Å². The summed E-state index contributed by atoms with van der Waals surface area (Å²) in [6.07, 6.45) is 8.93. The summed E-state index contributed by atoms with van der Waals surface area (Å²) < 4.78 is 0. The van der Waals surface area contributed by atoms with Crippen molar-refractivity contribution < 1.29 is 0 Å². The van der Waals surface area contributed by atoms with Crippen LogP contribution in [0.3, 0.4) is 0 Å². The Morgan fingerprint density at radius 2 is 2.14 bits per heavy atom. The fraction of sp³-hybridized carbons (Fsp3) is 0.636. The van der Waals surface area contributed by atoms with Gasteiger partial charge in [-0.3, -0.25) is 0 Å². The highest BCUT2D eigenvalue weighted by Gasteiger charge is 2.23. The molecule has 2 rings (SSSR count). The normalized spacial score (nSPS) is 18.1. The molecule has 0 bridgehead atoms. The van der Waals surface area contributed by atoms with Gasteiger partial charge in [0, 0.05) is 12.4 Å². The molecule has 0 spiro atoms. The van der Waals surface area contributed by atoms with Gasteiger partial charge in [-0.1, -0.05) is 12.8 Å². The summed E-state index contributed by atoms with van der Waals surface area (Å²) in [6.45, 7) is 0. The maximum Gasteiger partial charge on any atom is 0.145 e. The lowest BCUT2D eigenvalue weighted by atomic mass is 10.1. The molecule has 1 aromatic heterocycles. The lowest BCUT2D eigenvalue weighted by Gasteiger charge is -2.13. The molecule has 1 aromatic rings. The van der Waals surface area contributed by atoms with Gasteiger partial charge in [-0.15, -0.1) is 0 Å². The summed E-state index contributed by atoms with van der Waals surface area (Å²) in [5.41, 5.74) is 0. The summed E-state index contributed by atoms with van der Waals surface area (Å²) in [5.74, 6) is 1.91. The highest BCUT2D eigenvalue weighted by Crippen LogP contribution is 2.35. The Kier molecular flexibility index (Phi) is 3.09. The molecular weight excluding hydrogens is 174 g/mol. The monoisotopic (exact) mass is 191 g/mol. The van der Waals surface area contributed by atoms with Gasteiger partial charge in [0.15, 0.2) is 0 Å². The van der Waals surface area contributed by atoms with Crippen LogP contribution in [-0.2, 0) is 0 Å². The number of aromatic nitrogens is 2. The van der Waals surface area contributed by atoms with Crippen LogP contribution in [0.2, 0.25) is 0 Å². The summed E-state index contributed by atoms with van der Waals surface area (Å²) >= 11 is 0. The van der Waals surface area contributed by atoms with Crippen molar-refractivity contribution in [2.24, 2.45) is 5.92 Å². The molecule has 1 fully saturated rings. The fourth-order valence-electron chi connectivity index (χ4n) is 1.70. The van der Waals surface area contributed by atoms with E-state index in [1.165, 1.54) is 19.3 Å². The van der Waals surface area contributed by atoms with Crippen molar-refractivity contribution in [3.05, 3.63) is 24.3 Å². The van der Waals surface area contributed by atoms with Gasteiger partial charge in [0.25, 0.3) is 0 Å². The quantitative estimate of drug-likeness (QED) is 0.772. The number of hydrogen-bond acceptors (Lipinski definition) is 3. The van der Waals surface area contributed by atoms with Crippen molar-refractivity contribution >= 4 is 0 Å². The first-order valence-corrected chi connectivity index (χ1v) is 5.34. The summed E-state index contributed by atoms with van der Waals surface area (Å²) in [5, 5.41) is 3.28. The maximum absolute atomic E-state index is 4.27. The Bertz CT molecular complexity index is 269. The Hall–Kier alpha value is -0.960. The molecule has 1 aliphatic carbocycles. The average Bonchev–Trinajstić information content (AvgIpc) is 3.04. The average molecular weight is 191 g/mol. The topological polar surface area (TPSA) is 37.8 Å². The van der Waals surface area contributed by atoms with E-state index in [0.29, 0.717) is 6.04 Å². The van der Waals surface area contributed by atoms with Crippen LogP contribution in [0.25, 0.3) is 0 Å². The summed E-state index contributed by atoms with van der Waals surface area (Å²) in [4.78, 5) is 8.55. The molecule has 14 heavy (non-hydrogen) atoms. The van der Waals surface area contributed by atoms with Crippen LogP contribution in [-0.4, -0.2) is 17.0 Å². The maximum atomic E-state index is 4.27. The molecule has 0 aliphatic heterocycles. The molecule has 0 aromatic carbocycles. The first kappa shape index (κ1) is 9.59. The van der Waals surface area contributed by atoms with Gasteiger partial charge in [-0.05, 0) is 31.9 Å². The van der Waals surface area contributed by atoms with Crippen LogP contribution >= 0.6 is 0 Å². The van der Waals surface area contributed by atoms with Crippen LogP contribution in [0.5, 0.6) is 0 Å². The van der Waals surface area contributed by atoms with Crippen LogP contribution in [0.4, 0.5) is 0 Å². The fourth-order valence-corrected chi connectivity index (χ4v) is 1.70. The summed E-state index contributed by atoms with van der Waals surface area (Å²) in [6, 6.07) is 2.19. The van der Waals surface area contributed by atoms with Gasteiger partial charge >= 0.3 is 0 Å². The van der Waals surface area contributed by atoms with Crippen molar-refractivity contribution in [1.29, 1.82) is 0 Å². The van der Waals surface area contributed by atoms with Crippen LogP contribution in [0.1, 0.15) is 37.5 Å². The second-order valence-corrected chi connectivity index (χ2v) is 3.97. The molecule has 0 radical (unpaired) electrons. The first-order valence-electron chi connectivity index (χ1n) is 5.34. The van der Waals surface area contributed by atoms with E-state index in [1.807, 2.05) is 25.5 Å². The van der Waals surface area contributed by atoms with Crippen molar-refractivity contribution in [1.82, 2.24) is 15.3 Å². The molecule has 3 heteroatoms. The van der Waals surface area contributed by atoms with E-state index in [0.717, 1.165) is 18.2 Å². The van der Waals surface area contributed by atoms with Gasteiger partial charge < -0.3 is 5.32 Å². The molecule has 1 unspecified atom stereocenters. The number of nitrogens with zero attached hydrogens (tertiary/aromatic N) is 2. The second-order valence-electron chi connectivity index (χ2n) is 3.97. The largest absolute Gasteiger partial charge is 0.310 e. The van der Waals surface area contributed by atoms with E-state index < -0.39 is 0 Å². The molecule has 3 nitrogen and oxygen atoms in total. The van der Waals surface area contributed by atoms with E-state index in [-0.39, 0.29) is 0 Å². The lowest BCUT2D eigenvalue weighted by molar-refractivity contribution is 0.484. The zero-order valence-corrected chi connectivity index (χ0v) is 8.61. The second kappa shape index (κ2) is 4.51. The van der Waals surface area contributed by atoms with Crippen LogP contribution in [0.15, 0.2) is 18.5 Å². The number of rotatable bonds is 5. The molecule has 0 saturated heterocycles. The van der Waals surface area contributed by atoms with E-state index >= 15 is 0 Å². The molecule has 1 N–H and O–H groups in total.